The van der Waals surface area contributed by atoms with Crippen LogP contribution in [0.3, 0.4) is 0 Å². The Morgan fingerprint density at radius 3 is 2.70 bits per heavy atom. The Hall–Kier alpha value is -2.27. The Kier molecular flexibility index (Phi) is 6.23. The van der Waals surface area contributed by atoms with Crippen molar-refractivity contribution in [1.82, 2.24) is 0 Å². The van der Waals surface area contributed by atoms with E-state index in [1.807, 2.05) is 30.3 Å². The molecule has 0 heterocycles. The zero-order valence-corrected chi connectivity index (χ0v) is 14.2. The van der Waals surface area contributed by atoms with Crippen LogP contribution in [0.2, 0.25) is 0 Å². The third-order valence-corrected chi connectivity index (χ3v) is 3.76. The lowest BCUT2D eigenvalue weighted by Crippen LogP contribution is -2.04. The van der Waals surface area contributed by atoms with Gasteiger partial charge >= 0.3 is 5.97 Å². The van der Waals surface area contributed by atoms with Gasteiger partial charge in [0.1, 0.15) is 0 Å². The molecule has 0 fully saturated rings. The fourth-order valence-electron chi connectivity index (χ4n) is 1.97. The Balaban J connectivity index is 1.90. The first-order valence-corrected chi connectivity index (χ1v) is 7.84. The summed E-state index contributed by atoms with van der Waals surface area (Å²) >= 11 is 3.23. The van der Waals surface area contributed by atoms with Gasteiger partial charge in [-0.1, -0.05) is 30.3 Å². The normalized spacial score (nSPS) is 10.7. The second-order valence-corrected chi connectivity index (χ2v) is 5.64. The number of aromatic hydroxyl groups is 1. The summed E-state index contributed by atoms with van der Waals surface area (Å²) in [5, 5.41) is 9.74. The molecule has 0 atom stereocenters. The van der Waals surface area contributed by atoms with Crippen LogP contribution in [0.5, 0.6) is 11.5 Å². The van der Waals surface area contributed by atoms with Gasteiger partial charge in [-0.25, -0.2) is 4.79 Å². The Morgan fingerprint density at radius 2 is 2.00 bits per heavy atom. The summed E-state index contributed by atoms with van der Waals surface area (Å²) in [7, 11) is 1.47. The minimum Gasteiger partial charge on any atom is -0.503 e. The number of carbonyl (C=O) groups is 1. The lowest BCUT2D eigenvalue weighted by atomic mass is 10.2. The van der Waals surface area contributed by atoms with Crippen LogP contribution in [0.15, 0.2) is 53.0 Å². The van der Waals surface area contributed by atoms with Crippen LogP contribution in [0, 0.1) is 0 Å². The van der Waals surface area contributed by atoms with Gasteiger partial charge in [-0.2, -0.15) is 0 Å². The number of benzene rings is 2. The number of phenolic OH excluding ortho intramolecular Hbond substituents is 1. The van der Waals surface area contributed by atoms with Gasteiger partial charge in [-0.3, -0.25) is 0 Å². The molecule has 0 saturated carbocycles. The molecule has 2 rings (SSSR count). The highest BCUT2D eigenvalue weighted by molar-refractivity contribution is 9.10. The van der Waals surface area contributed by atoms with Crippen LogP contribution >= 0.6 is 15.9 Å². The average molecular weight is 377 g/mol. The van der Waals surface area contributed by atoms with E-state index in [4.69, 9.17) is 9.47 Å². The van der Waals surface area contributed by atoms with Gasteiger partial charge in [0.2, 0.25) is 0 Å². The highest BCUT2D eigenvalue weighted by atomic mass is 79.9. The number of rotatable bonds is 6. The molecule has 0 unspecified atom stereocenters. The van der Waals surface area contributed by atoms with Crippen molar-refractivity contribution in [3.05, 3.63) is 64.1 Å². The summed E-state index contributed by atoms with van der Waals surface area (Å²) in [5.41, 5.74) is 1.84. The van der Waals surface area contributed by atoms with Gasteiger partial charge in [0, 0.05) is 12.5 Å². The smallest absolute Gasteiger partial charge is 0.330 e. The molecule has 0 aliphatic carbocycles. The van der Waals surface area contributed by atoms with E-state index in [1.165, 1.54) is 13.2 Å². The number of hydrogen-bond acceptors (Lipinski definition) is 4. The minimum absolute atomic E-state index is 0.0232. The molecule has 0 aromatic heterocycles. The van der Waals surface area contributed by atoms with Crippen LogP contribution in [0.25, 0.3) is 6.08 Å². The predicted octanol–water partition coefficient (Wildman–Crippen LogP) is 3.96. The fourth-order valence-corrected chi connectivity index (χ4v) is 2.43. The van der Waals surface area contributed by atoms with Crippen molar-refractivity contribution in [2.45, 2.75) is 6.42 Å². The van der Waals surface area contributed by atoms with Crippen LogP contribution in [0.4, 0.5) is 0 Å². The molecular formula is C18H17BrO4. The highest BCUT2D eigenvalue weighted by Crippen LogP contribution is 2.35. The van der Waals surface area contributed by atoms with E-state index >= 15 is 0 Å². The third-order valence-electron chi connectivity index (χ3n) is 3.16. The van der Waals surface area contributed by atoms with Crippen molar-refractivity contribution in [2.75, 3.05) is 13.7 Å². The van der Waals surface area contributed by atoms with E-state index in [9.17, 15) is 9.90 Å². The summed E-state index contributed by atoms with van der Waals surface area (Å²) < 4.78 is 10.7. The quantitative estimate of drug-likeness (QED) is 0.612. The second-order valence-electron chi connectivity index (χ2n) is 4.79. The highest BCUT2D eigenvalue weighted by Gasteiger charge is 2.07. The van der Waals surface area contributed by atoms with Crippen molar-refractivity contribution in [2.24, 2.45) is 0 Å². The molecule has 23 heavy (non-hydrogen) atoms. The van der Waals surface area contributed by atoms with Gasteiger partial charge in [0.15, 0.2) is 11.5 Å². The van der Waals surface area contributed by atoms with Gasteiger partial charge in [-0.05, 0) is 45.3 Å². The molecule has 0 amide bonds. The minimum atomic E-state index is -0.413. The molecule has 2 aromatic rings. The average Bonchev–Trinajstić information content (AvgIpc) is 2.56. The number of methoxy groups -OCH3 is 1. The molecule has 5 heteroatoms. The third kappa shape index (κ3) is 5.14. The van der Waals surface area contributed by atoms with E-state index in [2.05, 4.69) is 15.9 Å². The maximum absolute atomic E-state index is 11.7. The fraction of sp³-hybridized carbons (Fsp3) is 0.167. The Morgan fingerprint density at radius 1 is 1.26 bits per heavy atom. The van der Waals surface area contributed by atoms with Crippen molar-refractivity contribution in [1.29, 1.82) is 0 Å². The second kappa shape index (κ2) is 8.39. The van der Waals surface area contributed by atoms with Gasteiger partial charge in [0.05, 0.1) is 18.2 Å². The maximum atomic E-state index is 11.7. The lowest BCUT2D eigenvalue weighted by Gasteiger charge is -2.06. The zero-order valence-electron chi connectivity index (χ0n) is 12.7. The van der Waals surface area contributed by atoms with Crippen LogP contribution in [0.1, 0.15) is 11.1 Å². The molecule has 0 spiro atoms. The summed E-state index contributed by atoms with van der Waals surface area (Å²) in [6.07, 6.45) is 3.64. The van der Waals surface area contributed by atoms with Crippen LogP contribution < -0.4 is 4.74 Å². The molecule has 2 aromatic carbocycles. The molecule has 0 aliphatic rings. The van der Waals surface area contributed by atoms with Crippen LogP contribution in [-0.2, 0) is 16.0 Å². The number of esters is 1. The largest absolute Gasteiger partial charge is 0.503 e. The number of carbonyl (C=O) groups excluding carboxylic acids is 1. The summed E-state index contributed by atoms with van der Waals surface area (Å²) in [6, 6.07) is 13.1. The topological polar surface area (TPSA) is 55.8 Å². The first kappa shape index (κ1) is 17.1. The van der Waals surface area contributed by atoms with E-state index in [0.29, 0.717) is 28.8 Å². The molecular weight excluding hydrogens is 360 g/mol. The van der Waals surface area contributed by atoms with E-state index in [0.717, 1.165) is 5.56 Å². The molecule has 1 N–H and O–H groups in total. The first-order valence-electron chi connectivity index (χ1n) is 7.05. The van der Waals surface area contributed by atoms with Gasteiger partial charge in [-0.15, -0.1) is 0 Å². The van der Waals surface area contributed by atoms with E-state index < -0.39 is 5.97 Å². The van der Waals surface area contributed by atoms with E-state index in [1.54, 1.807) is 18.2 Å². The number of hydrogen-bond donors (Lipinski definition) is 1. The summed E-state index contributed by atoms with van der Waals surface area (Å²) in [6.45, 7) is 0.329. The molecule has 0 bridgehead atoms. The van der Waals surface area contributed by atoms with Crippen LogP contribution in [-0.4, -0.2) is 24.8 Å². The Bertz CT molecular complexity index is 696. The molecule has 0 aliphatic heterocycles. The Labute approximate surface area is 143 Å². The van der Waals surface area contributed by atoms with Crippen molar-refractivity contribution < 1.29 is 19.4 Å². The monoisotopic (exact) mass is 376 g/mol. The molecule has 4 nitrogen and oxygen atoms in total. The van der Waals surface area contributed by atoms with Crippen molar-refractivity contribution in [3.8, 4) is 11.5 Å². The van der Waals surface area contributed by atoms with E-state index in [-0.39, 0.29) is 5.75 Å². The van der Waals surface area contributed by atoms with Gasteiger partial charge in [0.25, 0.3) is 0 Å². The molecule has 120 valence electrons. The molecule has 0 radical (unpaired) electrons. The van der Waals surface area contributed by atoms with Crippen molar-refractivity contribution in [3.63, 3.8) is 0 Å². The summed E-state index contributed by atoms with van der Waals surface area (Å²) in [5.74, 6) is -0.0596. The predicted molar refractivity (Wildman–Crippen MR) is 92.5 cm³/mol. The number of halogens is 1. The summed E-state index contributed by atoms with van der Waals surface area (Å²) in [4.78, 5) is 11.7. The van der Waals surface area contributed by atoms with Crippen molar-refractivity contribution >= 4 is 28.0 Å². The zero-order chi connectivity index (χ0) is 16.7. The number of ether oxygens (including phenoxy) is 2. The number of phenols is 1. The van der Waals surface area contributed by atoms with Gasteiger partial charge < -0.3 is 14.6 Å². The maximum Gasteiger partial charge on any atom is 0.330 e. The lowest BCUT2D eigenvalue weighted by molar-refractivity contribution is -0.137. The SMILES string of the molecule is COc1cc(/C=C/C(=O)OCCc2ccccc2)cc(Br)c1O. The molecule has 0 saturated heterocycles. The first-order chi connectivity index (χ1) is 11.1. The standard InChI is InChI=1S/C18H17BrO4/c1-22-16-12-14(11-15(19)18(16)21)7-8-17(20)23-10-9-13-5-3-2-4-6-13/h2-8,11-12,21H,9-10H2,1H3/b8-7+.